The molecule has 0 aromatic heterocycles. The molecule has 1 heterocycles. The Morgan fingerprint density at radius 3 is 2.42 bits per heavy atom. The van der Waals surface area contributed by atoms with Crippen LogP contribution < -0.4 is 10.6 Å². The maximum absolute atomic E-state index is 6.40. The van der Waals surface area contributed by atoms with Crippen LogP contribution in [0.1, 0.15) is 31.4 Å². The minimum atomic E-state index is 0.0334. The molecule has 3 nitrogen and oxygen atoms in total. The largest absolute Gasteiger partial charge is 0.370 e. The molecule has 0 saturated carbocycles. The number of rotatable bonds is 3. The van der Waals surface area contributed by atoms with Crippen molar-refractivity contribution in [3.05, 3.63) is 28.8 Å². The quantitative estimate of drug-likeness (QED) is 0.925. The highest BCUT2D eigenvalue weighted by atomic mass is 35.5. The smallest absolute Gasteiger partial charge is 0.0642 e. The molecule has 1 aliphatic rings. The molecule has 1 aromatic rings. The minimum absolute atomic E-state index is 0.0334. The third-order valence-corrected chi connectivity index (χ3v) is 4.34. The van der Waals surface area contributed by atoms with Gasteiger partial charge in [-0.25, -0.2) is 0 Å². The van der Waals surface area contributed by atoms with Crippen LogP contribution in [0.15, 0.2) is 18.2 Å². The van der Waals surface area contributed by atoms with Gasteiger partial charge < -0.3 is 15.5 Å². The SMILES string of the molecule is C[C@@H](N)c1ccc(N2CCC(N(C)C)CC2)c(Cl)c1. The third kappa shape index (κ3) is 3.41. The Morgan fingerprint density at radius 2 is 1.95 bits per heavy atom. The molecule has 0 spiro atoms. The summed E-state index contributed by atoms with van der Waals surface area (Å²) in [7, 11) is 4.31. The van der Waals surface area contributed by atoms with Gasteiger partial charge in [-0.3, -0.25) is 0 Å². The first-order chi connectivity index (χ1) is 8.99. The highest BCUT2D eigenvalue weighted by molar-refractivity contribution is 6.33. The summed E-state index contributed by atoms with van der Waals surface area (Å²) in [6, 6.07) is 6.92. The van der Waals surface area contributed by atoms with E-state index in [9.17, 15) is 0 Å². The van der Waals surface area contributed by atoms with Crippen molar-refractivity contribution in [1.29, 1.82) is 0 Å². The molecule has 0 bridgehead atoms. The van der Waals surface area contributed by atoms with E-state index in [2.05, 4.69) is 36.0 Å². The van der Waals surface area contributed by atoms with Crippen LogP contribution in [0.5, 0.6) is 0 Å². The summed E-state index contributed by atoms with van der Waals surface area (Å²) in [5, 5.41) is 0.818. The summed E-state index contributed by atoms with van der Waals surface area (Å²) in [5.74, 6) is 0. The number of nitrogens with zero attached hydrogens (tertiary/aromatic N) is 2. The number of halogens is 1. The van der Waals surface area contributed by atoms with Crippen LogP contribution in [-0.2, 0) is 0 Å². The summed E-state index contributed by atoms with van der Waals surface area (Å²) in [5.41, 5.74) is 8.12. The lowest BCUT2D eigenvalue weighted by molar-refractivity contribution is 0.249. The first-order valence-corrected chi connectivity index (χ1v) is 7.33. The average molecular weight is 282 g/mol. The van der Waals surface area contributed by atoms with Crippen molar-refractivity contribution in [2.24, 2.45) is 5.73 Å². The zero-order valence-corrected chi connectivity index (χ0v) is 12.8. The number of piperidine rings is 1. The zero-order valence-electron chi connectivity index (χ0n) is 12.1. The lowest BCUT2D eigenvalue weighted by atomic mass is 10.0. The van der Waals surface area contributed by atoms with E-state index in [1.807, 2.05) is 13.0 Å². The molecule has 19 heavy (non-hydrogen) atoms. The molecular formula is C15H24ClN3. The Bertz CT molecular complexity index is 423. The Kier molecular flexibility index (Phi) is 4.71. The fraction of sp³-hybridized carbons (Fsp3) is 0.600. The molecule has 1 saturated heterocycles. The number of benzene rings is 1. The lowest BCUT2D eigenvalue weighted by Gasteiger charge is -2.37. The lowest BCUT2D eigenvalue weighted by Crippen LogP contribution is -2.42. The van der Waals surface area contributed by atoms with Crippen LogP contribution in [0.2, 0.25) is 5.02 Å². The second-order valence-electron chi connectivity index (χ2n) is 5.68. The molecule has 1 fully saturated rings. The van der Waals surface area contributed by atoms with E-state index < -0.39 is 0 Å². The van der Waals surface area contributed by atoms with E-state index in [4.69, 9.17) is 17.3 Å². The van der Waals surface area contributed by atoms with E-state index in [0.29, 0.717) is 6.04 Å². The zero-order chi connectivity index (χ0) is 14.0. The first kappa shape index (κ1) is 14.6. The van der Waals surface area contributed by atoms with Crippen LogP contribution in [0.3, 0.4) is 0 Å². The molecular weight excluding hydrogens is 258 g/mol. The standard InChI is InChI=1S/C15H24ClN3/c1-11(17)12-4-5-15(14(16)10-12)19-8-6-13(7-9-19)18(2)3/h4-5,10-11,13H,6-9,17H2,1-3H3/t11-/m1/s1. The molecule has 106 valence electrons. The molecule has 0 aliphatic carbocycles. The van der Waals surface area contributed by atoms with Gasteiger partial charge in [0.05, 0.1) is 10.7 Å². The van der Waals surface area contributed by atoms with Gasteiger partial charge in [0.25, 0.3) is 0 Å². The Labute approximate surface area is 121 Å². The maximum Gasteiger partial charge on any atom is 0.0642 e. The second-order valence-corrected chi connectivity index (χ2v) is 6.09. The molecule has 4 heteroatoms. The number of hydrogen-bond acceptors (Lipinski definition) is 3. The average Bonchev–Trinajstić information content (AvgIpc) is 2.38. The maximum atomic E-state index is 6.40. The van der Waals surface area contributed by atoms with Gasteiger partial charge in [0.1, 0.15) is 0 Å². The van der Waals surface area contributed by atoms with Crippen molar-refractivity contribution in [1.82, 2.24) is 4.90 Å². The number of hydrogen-bond donors (Lipinski definition) is 1. The minimum Gasteiger partial charge on any atom is -0.370 e. The van der Waals surface area contributed by atoms with Crippen LogP contribution in [-0.4, -0.2) is 38.1 Å². The van der Waals surface area contributed by atoms with E-state index in [-0.39, 0.29) is 6.04 Å². The van der Waals surface area contributed by atoms with E-state index >= 15 is 0 Å². The molecule has 0 unspecified atom stereocenters. The Morgan fingerprint density at radius 1 is 1.32 bits per heavy atom. The van der Waals surface area contributed by atoms with Gasteiger partial charge in [-0.1, -0.05) is 17.7 Å². The summed E-state index contributed by atoms with van der Waals surface area (Å²) in [6.45, 7) is 4.12. The highest BCUT2D eigenvalue weighted by Crippen LogP contribution is 2.31. The summed E-state index contributed by atoms with van der Waals surface area (Å²) >= 11 is 6.40. The monoisotopic (exact) mass is 281 g/mol. The van der Waals surface area contributed by atoms with E-state index in [0.717, 1.165) is 29.4 Å². The topological polar surface area (TPSA) is 32.5 Å². The van der Waals surface area contributed by atoms with Crippen molar-refractivity contribution < 1.29 is 0 Å². The van der Waals surface area contributed by atoms with Crippen molar-refractivity contribution in [2.45, 2.75) is 31.8 Å². The normalized spacial score (nSPS) is 18.9. The van der Waals surface area contributed by atoms with Gasteiger partial charge >= 0.3 is 0 Å². The fourth-order valence-electron chi connectivity index (χ4n) is 2.69. The molecule has 1 atom stereocenters. The molecule has 0 amide bonds. The Balaban J connectivity index is 2.07. The highest BCUT2D eigenvalue weighted by Gasteiger charge is 2.22. The van der Waals surface area contributed by atoms with Gasteiger partial charge in [-0.2, -0.15) is 0 Å². The van der Waals surface area contributed by atoms with Crippen LogP contribution in [0.4, 0.5) is 5.69 Å². The molecule has 0 radical (unpaired) electrons. The van der Waals surface area contributed by atoms with Crippen LogP contribution in [0.25, 0.3) is 0 Å². The van der Waals surface area contributed by atoms with Gasteiger partial charge in [-0.15, -0.1) is 0 Å². The van der Waals surface area contributed by atoms with Crippen molar-refractivity contribution in [2.75, 3.05) is 32.1 Å². The molecule has 1 aliphatic heterocycles. The second kappa shape index (κ2) is 6.12. The Hall–Kier alpha value is -0.770. The van der Waals surface area contributed by atoms with Gasteiger partial charge in [-0.05, 0) is 51.6 Å². The predicted molar refractivity (Wildman–Crippen MR) is 83.0 cm³/mol. The number of nitrogens with two attached hydrogens (primary N) is 1. The summed E-state index contributed by atoms with van der Waals surface area (Å²) in [4.78, 5) is 4.70. The molecule has 2 rings (SSSR count). The first-order valence-electron chi connectivity index (χ1n) is 6.95. The predicted octanol–water partition coefficient (Wildman–Crippen LogP) is 2.89. The van der Waals surface area contributed by atoms with Gasteiger partial charge in [0.15, 0.2) is 0 Å². The number of anilines is 1. The van der Waals surface area contributed by atoms with Crippen LogP contribution in [0, 0.1) is 0 Å². The van der Waals surface area contributed by atoms with Crippen LogP contribution >= 0.6 is 11.6 Å². The van der Waals surface area contributed by atoms with E-state index in [1.54, 1.807) is 0 Å². The van der Waals surface area contributed by atoms with Gasteiger partial charge in [0, 0.05) is 25.2 Å². The fourth-order valence-corrected chi connectivity index (χ4v) is 2.99. The molecule has 2 N–H and O–H groups in total. The third-order valence-electron chi connectivity index (χ3n) is 4.03. The van der Waals surface area contributed by atoms with Gasteiger partial charge in [0.2, 0.25) is 0 Å². The van der Waals surface area contributed by atoms with Crippen molar-refractivity contribution >= 4 is 17.3 Å². The van der Waals surface area contributed by atoms with Crippen molar-refractivity contribution in [3.8, 4) is 0 Å². The molecule has 1 aromatic carbocycles. The van der Waals surface area contributed by atoms with Crippen molar-refractivity contribution in [3.63, 3.8) is 0 Å². The summed E-state index contributed by atoms with van der Waals surface area (Å²) < 4.78 is 0. The van der Waals surface area contributed by atoms with E-state index in [1.165, 1.54) is 12.8 Å². The summed E-state index contributed by atoms with van der Waals surface area (Å²) in [6.07, 6.45) is 2.39.